The molecule has 0 unspecified atom stereocenters. The molecule has 1 aromatic carbocycles. The lowest BCUT2D eigenvalue weighted by Crippen LogP contribution is -2.07. The molecule has 0 fully saturated rings. The van der Waals surface area contributed by atoms with Crippen LogP contribution in [0.2, 0.25) is 5.02 Å². The van der Waals surface area contributed by atoms with Crippen LogP contribution in [0.4, 0.5) is 0 Å². The second-order valence-electron chi connectivity index (χ2n) is 3.30. The van der Waals surface area contributed by atoms with E-state index in [9.17, 15) is 9.90 Å². The van der Waals surface area contributed by atoms with Crippen LogP contribution in [0, 0.1) is 0 Å². The molecular formula is C11H9ClN2O2S. The van der Waals surface area contributed by atoms with E-state index in [-0.39, 0.29) is 5.75 Å². The molecule has 0 atom stereocenters. The maximum Gasteiger partial charge on any atom is 0.207 e. The second kappa shape index (κ2) is 5.16. The number of nitrogens with one attached hydrogen (secondary N) is 1. The first-order chi connectivity index (χ1) is 8.20. The first-order valence-corrected chi connectivity index (χ1v) is 6.01. The third-order valence-electron chi connectivity index (χ3n) is 2.11. The minimum atomic E-state index is 0.0508. The summed E-state index contributed by atoms with van der Waals surface area (Å²) in [6.45, 7) is 0.465. The molecule has 17 heavy (non-hydrogen) atoms. The molecule has 2 aromatic rings. The van der Waals surface area contributed by atoms with Crippen molar-refractivity contribution >= 4 is 29.3 Å². The molecule has 0 saturated heterocycles. The number of rotatable bonds is 4. The van der Waals surface area contributed by atoms with E-state index in [0.29, 0.717) is 18.0 Å². The largest absolute Gasteiger partial charge is 0.506 e. The number of phenolic OH excluding ortho intramolecular Hbond substituents is 1. The predicted molar refractivity (Wildman–Crippen MR) is 67.1 cm³/mol. The monoisotopic (exact) mass is 268 g/mol. The topological polar surface area (TPSA) is 62.2 Å². The van der Waals surface area contributed by atoms with Crippen molar-refractivity contribution in [3.8, 4) is 16.3 Å². The fourth-order valence-corrected chi connectivity index (χ4v) is 2.34. The summed E-state index contributed by atoms with van der Waals surface area (Å²) in [5, 5.41) is 13.0. The summed E-state index contributed by atoms with van der Waals surface area (Å²) in [5.41, 5.74) is 0.843. The number of nitrogens with zero attached hydrogens (tertiary/aromatic N) is 1. The summed E-state index contributed by atoms with van der Waals surface area (Å²) in [6, 6.07) is 4.94. The van der Waals surface area contributed by atoms with Gasteiger partial charge in [-0.05, 0) is 18.2 Å². The van der Waals surface area contributed by atoms with Gasteiger partial charge in [-0.25, -0.2) is 4.98 Å². The van der Waals surface area contributed by atoms with E-state index in [1.54, 1.807) is 18.3 Å². The van der Waals surface area contributed by atoms with E-state index >= 15 is 0 Å². The van der Waals surface area contributed by atoms with E-state index in [0.717, 1.165) is 15.4 Å². The Morgan fingerprint density at radius 3 is 3.06 bits per heavy atom. The van der Waals surface area contributed by atoms with E-state index in [1.807, 2.05) is 0 Å². The number of amides is 1. The van der Waals surface area contributed by atoms with Crippen molar-refractivity contribution in [3.05, 3.63) is 34.3 Å². The predicted octanol–water partition coefficient (Wildman–Crippen LogP) is 2.42. The van der Waals surface area contributed by atoms with Gasteiger partial charge in [0.1, 0.15) is 10.8 Å². The molecular weight excluding hydrogens is 260 g/mol. The van der Waals surface area contributed by atoms with Crippen LogP contribution in [0.1, 0.15) is 4.88 Å². The van der Waals surface area contributed by atoms with Gasteiger partial charge in [0.2, 0.25) is 6.41 Å². The summed E-state index contributed by atoms with van der Waals surface area (Å²) in [4.78, 5) is 15.4. The van der Waals surface area contributed by atoms with Gasteiger partial charge in [0.15, 0.2) is 0 Å². The van der Waals surface area contributed by atoms with Gasteiger partial charge < -0.3 is 10.4 Å². The Labute approximate surface area is 107 Å². The lowest BCUT2D eigenvalue weighted by molar-refractivity contribution is -0.109. The maximum atomic E-state index is 10.2. The Morgan fingerprint density at radius 2 is 2.35 bits per heavy atom. The van der Waals surface area contributed by atoms with Gasteiger partial charge in [-0.3, -0.25) is 4.79 Å². The zero-order valence-corrected chi connectivity index (χ0v) is 10.3. The average molecular weight is 269 g/mol. The zero-order chi connectivity index (χ0) is 12.3. The summed E-state index contributed by atoms with van der Waals surface area (Å²) in [7, 11) is 0. The Hall–Kier alpha value is -1.59. The number of hydrogen-bond donors (Lipinski definition) is 2. The second-order valence-corrected chi connectivity index (χ2v) is 4.82. The maximum absolute atomic E-state index is 10.2. The van der Waals surface area contributed by atoms with Crippen LogP contribution in [0.5, 0.6) is 5.75 Å². The van der Waals surface area contributed by atoms with Crippen LogP contribution in [-0.2, 0) is 11.3 Å². The number of thiazole rings is 1. The van der Waals surface area contributed by atoms with Crippen molar-refractivity contribution in [1.29, 1.82) is 0 Å². The van der Waals surface area contributed by atoms with Crippen molar-refractivity contribution in [2.24, 2.45) is 0 Å². The molecule has 0 spiro atoms. The Bertz CT molecular complexity index is 542. The molecule has 4 nitrogen and oxygen atoms in total. The van der Waals surface area contributed by atoms with Crippen molar-refractivity contribution in [3.63, 3.8) is 0 Å². The first-order valence-electron chi connectivity index (χ1n) is 4.81. The van der Waals surface area contributed by atoms with E-state index in [1.165, 1.54) is 17.4 Å². The highest BCUT2D eigenvalue weighted by molar-refractivity contribution is 7.15. The molecule has 2 N–H and O–H groups in total. The number of carbonyl (C=O) groups excluding carboxylic acids is 1. The van der Waals surface area contributed by atoms with Crippen LogP contribution in [0.3, 0.4) is 0 Å². The van der Waals surface area contributed by atoms with E-state index in [2.05, 4.69) is 10.3 Å². The van der Waals surface area contributed by atoms with Crippen molar-refractivity contribution < 1.29 is 9.90 Å². The fraction of sp³-hybridized carbons (Fsp3) is 0.0909. The van der Waals surface area contributed by atoms with Gasteiger partial charge in [-0.2, -0.15) is 0 Å². The van der Waals surface area contributed by atoms with Crippen LogP contribution < -0.4 is 5.32 Å². The highest BCUT2D eigenvalue weighted by Gasteiger charge is 2.07. The third kappa shape index (κ3) is 2.75. The van der Waals surface area contributed by atoms with Gasteiger partial charge in [-0.15, -0.1) is 11.3 Å². The molecule has 1 heterocycles. The average Bonchev–Trinajstić information content (AvgIpc) is 2.79. The number of aromatic nitrogens is 1. The molecule has 1 aromatic heterocycles. The van der Waals surface area contributed by atoms with E-state index in [4.69, 9.17) is 11.6 Å². The van der Waals surface area contributed by atoms with Gasteiger partial charge in [-0.1, -0.05) is 11.6 Å². The van der Waals surface area contributed by atoms with Gasteiger partial charge in [0.25, 0.3) is 0 Å². The summed E-state index contributed by atoms with van der Waals surface area (Å²) >= 11 is 7.29. The molecule has 1 amide bonds. The molecule has 0 radical (unpaired) electrons. The van der Waals surface area contributed by atoms with Crippen LogP contribution in [0.15, 0.2) is 24.4 Å². The van der Waals surface area contributed by atoms with Crippen molar-refractivity contribution in [2.75, 3.05) is 0 Å². The number of benzene rings is 1. The number of hydrogen-bond acceptors (Lipinski definition) is 4. The van der Waals surface area contributed by atoms with Crippen molar-refractivity contribution in [2.45, 2.75) is 6.54 Å². The SMILES string of the molecule is O=CNCc1cnc(-c2ccc(O)c(Cl)c2)s1. The molecule has 88 valence electrons. The summed E-state index contributed by atoms with van der Waals surface area (Å²) in [6.07, 6.45) is 2.36. The number of halogens is 1. The summed E-state index contributed by atoms with van der Waals surface area (Å²) in [5.74, 6) is 0.0508. The Balaban J connectivity index is 2.24. The number of aromatic hydroxyl groups is 1. The Morgan fingerprint density at radius 1 is 1.53 bits per heavy atom. The minimum absolute atomic E-state index is 0.0508. The lowest BCUT2D eigenvalue weighted by Gasteiger charge is -1.99. The Kier molecular flexibility index (Phi) is 3.61. The minimum Gasteiger partial charge on any atom is -0.506 e. The molecule has 0 saturated carbocycles. The molecule has 2 rings (SSSR count). The van der Waals surface area contributed by atoms with Crippen LogP contribution >= 0.6 is 22.9 Å². The highest BCUT2D eigenvalue weighted by atomic mass is 35.5. The van der Waals surface area contributed by atoms with Gasteiger partial charge in [0, 0.05) is 16.6 Å². The third-order valence-corrected chi connectivity index (χ3v) is 3.46. The quantitative estimate of drug-likeness (QED) is 0.837. The van der Waals surface area contributed by atoms with Crippen LogP contribution in [0.25, 0.3) is 10.6 Å². The molecule has 0 aliphatic rings. The molecule has 0 aliphatic carbocycles. The normalized spacial score (nSPS) is 10.2. The molecule has 6 heteroatoms. The van der Waals surface area contributed by atoms with Gasteiger partial charge in [0.05, 0.1) is 11.6 Å². The molecule has 0 bridgehead atoms. The molecule has 0 aliphatic heterocycles. The standard InChI is InChI=1S/C11H9ClN2O2S/c12-9-3-7(1-2-10(9)16)11-14-5-8(17-11)4-13-6-15/h1-3,5-6,16H,4H2,(H,13,15). The zero-order valence-electron chi connectivity index (χ0n) is 8.68. The number of phenols is 1. The number of carbonyl (C=O) groups is 1. The van der Waals surface area contributed by atoms with Gasteiger partial charge >= 0.3 is 0 Å². The summed E-state index contributed by atoms with van der Waals surface area (Å²) < 4.78 is 0. The van der Waals surface area contributed by atoms with Crippen LogP contribution in [-0.4, -0.2) is 16.5 Å². The fourth-order valence-electron chi connectivity index (χ4n) is 1.30. The van der Waals surface area contributed by atoms with Crippen molar-refractivity contribution in [1.82, 2.24) is 10.3 Å². The smallest absolute Gasteiger partial charge is 0.207 e. The first kappa shape index (κ1) is 11.9. The van der Waals surface area contributed by atoms with E-state index < -0.39 is 0 Å². The highest BCUT2D eigenvalue weighted by Crippen LogP contribution is 2.31. The lowest BCUT2D eigenvalue weighted by atomic mass is 10.2.